The second-order valence-corrected chi connectivity index (χ2v) is 6.43. The summed E-state index contributed by atoms with van der Waals surface area (Å²) in [4.78, 5) is 5.28. The Kier molecular flexibility index (Phi) is 6.13. The predicted octanol–water partition coefficient (Wildman–Crippen LogP) is 3.68. The van der Waals surface area contributed by atoms with Crippen LogP contribution in [-0.4, -0.2) is 25.2 Å². The monoisotopic (exact) mass is 314 g/mol. The molecule has 0 aliphatic rings. The molecule has 0 fully saturated rings. The first kappa shape index (κ1) is 14.8. The van der Waals surface area contributed by atoms with Crippen molar-refractivity contribution in [1.82, 2.24) is 10.3 Å². The summed E-state index contributed by atoms with van der Waals surface area (Å²) in [5.41, 5.74) is 1.17. The van der Waals surface area contributed by atoms with Gasteiger partial charge >= 0.3 is 0 Å². The first-order valence-electron chi connectivity index (χ1n) is 5.85. The molecule has 0 amide bonds. The summed E-state index contributed by atoms with van der Waals surface area (Å²) in [5, 5.41) is 6.03. The number of benzene rings is 1. The van der Waals surface area contributed by atoms with Crippen LogP contribution in [0.4, 0.5) is 0 Å². The standard InChI is InChI=1S/C13H15ClN2OS2/c1-17-6-4-15-9-10-2-3-12(11(14)8-10)19-13-16-5-7-18-13/h2-3,5,7-8,15H,4,6,9H2,1H3. The van der Waals surface area contributed by atoms with E-state index in [1.807, 2.05) is 17.5 Å². The first-order valence-corrected chi connectivity index (χ1v) is 7.92. The molecule has 1 aromatic heterocycles. The molecule has 0 saturated heterocycles. The van der Waals surface area contributed by atoms with Crippen molar-refractivity contribution in [2.24, 2.45) is 0 Å². The molecular formula is C13H15ClN2OS2. The van der Waals surface area contributed by atoms with Crippen LogP contribution in [0.5, 0.6) is 0 Å². The zero-order valence-corrected chi connectivity index (χ0v) is 12.9. The van der Waals surface area contributed by atoms with Crippen LogP contribution in [-0.2, 0) is 11.3 Å². The van der Waals surface area contributed by atoms with Gasteiger partial charge in [0.15, 0.2) is 4.34 Å². The van der Waals surface area contributed by atoms with Gasteiger partial charge in [-0.25, -0.2) is 4.98 Å². The van der Waals surface area contributed by atoms with Gasteiger partial charge in [0, 0.05) is 36.7 Å². The van der Waals surface area contributed by atoms with Crippen LogP contribution in [0.1, 0.15) is 5.56 Å². The highest BCUT2D eigenvalue weighted by molar-refractivity contribution is 8.01. The van der Waals surface area contributed by atoms with E-state index in [-0.39, 0.29) is 0 Å². The molecule has 102 valence electrons. The summed E-state index contributed by atoms with van der Waals surface area (Å²) in [7, 11) is 1.70. The van der Waals surface area contributed by atoms with Crippen LogP contribution in [0.15, 0.2) is 39.0 Å². The van der Waals surface area contributed by atoms with Gasteiger partial charge in [-0.2, -0.15) is 0 Å². The second kappa shape index (κ2) is 7.87. The quantitative estimate of drug-likeness (QED) is 0.790. The third-order valence-corrected chi connectivity index (χ3v) is 4.80. The van der Waals surface area contributed by atoms with Crippen LogP contribution in [0.2, 0.25) is 5.02 Å². The minimum absolute atomic E-state index is 0.714. The number of aromatic nitrogens is 1. The Hall–Kier alpha value is -0.590. The lowest BCUT2D eigenvalue weighted by molar-refractivity contribution is 0.199. The molecule has 0 aliphatic heterocycles. The van der Waals surface area contributed by atoms with Gasteiger partial charge in [0.25, 0.3) is 0 Å². The molecular weight excluding hydrogens is 300 g/mol. The molecule has 6 heteroatoms. The lowest BCUT2D eigenvalue weighted by Gasteiger charge is -2.07. The lowest BCUT2D eigenvalue weighted by Crippen LogP contribution is -2.18. The maximum absolute atomic E-state index is 6.29. The summed E-state index contributed by atoms with van der Waals surface area (Å²) >= 11 is 9.50. The van der Waals surface area contributed by atoms with Gasteiger partial charge in [0.1, 0.15) is 0 Å². The van der Waals surface area contributed by atoms with Crippen molar-refractivity contribution < 1.29 is 4.74 Å². The Bertz CT molecular complexity index is 505. The molecule has 3 nitrogen and oxygen atoms in total. The number of thiazole rings is 1. The molecule has 19 heavy (non-hydrogen) atoms. The van der Waals surface area contributed by atoms with E-state index >= 15 is 0 Å². The van der Waals surface area contributed by atoms with E-state index in [0.29, 0.717) is 6.61 Å². The third-order valence-electron chi connectivity index (χ3n) is 2.42. The van der Waals surface area contributed by atoms with Gasteiger partial charge in [0.2, 0.25) is 0 Å². The third kappa shape index (κ3) is 4.78. The first-order chi connectivity index (χ1) is 9.29. The highest BCUT2D eigenvalue weighted by Gasteiger charge is 2.05. The molecule has 0 saturated carbocycles. The van der Waals surface area contributed by atoms with Gasteiger partial charge in [-0.3, -0.25) is 0 Å². The van der Waals surface area contributed by atoms with E-state index in [0.717, 1.165) is 27.3 Å². The van der Waals surface area contributed by atoms with Crippen molar-refractivity contribution in [2.45, 2.75) is 15.8 Å². The highest BCUT2D eigenvalue weighted by atomic mass is 35.5. The number of hydrogen-bond donors (Lipinski definition) is 1. The van der Waals surface area contributed by atoms with E-state index in [1.165, 1.54) is 5.56 Å². The van der Waals surface area contributed by atoms with Crippen LogP contribution in [0.25, 0.3) is 0 Å². The molecule has 0 atom stereocenters. The minimum Gasteiger partial charge on any atom is -0.383 e. The number of halogens is 1. The van der Waals surface area contributed by atoms with Crippen LogP contribution in [0.3, 0.4) is 0 Å². The summed E-state index contributed by atoms with van der Waals surface area (Å²) in [6, 6.07) is 6.13. The fourth-order valence-electron chi connectivity index (χ4n) is 1.50. The fourth-order valence-corrected chi connectivity index (χ4v) is 3.40. The van der Waals surface area contributed by atoms with Crippen molar-refractivity contribution >= 4 is 34.7 Å². The number of nitrogens with one attached hydrogen (secondary N) is 1. The number of methoxy groups -OCH3 is 1. The topological polar surface area (TPSA) is 34.1 Å². The predicted molar refractivity (Wildman–Crippen MR) is 81.3 cm³/mol. The van der Waals surface area contributed by atoms with Crippen molar-refractivity contribution in [1.29, 1.82) is 0 Å². The summed E-state index contributed by atoms with van der Waals surface area (Å²) in [5.74, 6) is 0. The van der Waals surface area contributed by atoms with Crippen LogP contribution in [0, 0.1) is 0 Å². The van der Waals surface area contributed by atoms with Gasteiger partial charge in [-0.15, -0.1) is 11.3 Å². The Balaban J connectivity index is 1.93. The summed E-state index contributed by atoms with van der Waals surface area (Å²) in [6.07, 6.45) is 1.80. The van der Waals surface area contributed by atoms with Crippen molar-refractivity contribution in [3.05, 3.63) is 40.4 Å². The van der Waals surface area contributed by atoms with Crippen molar-refractivity contribution in [3.8, 4) is 0 Å². The van der Waals surface area contributed by atoms with E-state index < -0.39 is 0 Å². The fraction of sp³-hybridized carbons (Fsp3) is 0.308. The van der Waals surface area contributed by atoms with E-state index in [2.05, 4.69) is 16.4 Å². The molecule has 0 radical (unpaired) electrons. The normalized spacial score (nSPS) is 10.8. The van der Waals surface area contributed by atoms with Crippen molar-refractivity contribution in [3.63, 3.8) is 0 Å². The summed E-state index contributed by atoms with van der Waals surface area (Å²) < 4.78 is 5.99. The van der Waals surface area contributed by atoms with E-state index in [4.69, 9.17) is 16.3 Å². The Morgan fingerprint density at radius 1 is 1.47 bits per heavy atom. The zero-order valence-electron chi connectivity index (χ0n) is 10.6. The average molecular weight is 315 g/mol. The smallest absolute Gasteiger partial charge is 0.154 e. The van der Waals surface area contributed by atoms with Crippen LogP contribution < -0.4 is 5.32 Å². The van der Waals surface area contributed by atoms with Gasteiger partial charge in [-0.1, -0.05) is 29.4 Å². The molecule has 0 spiro atoms. The average Bonchev–Trinajstić information content (AvgIpc) is 2.91. The number of rotatable bonds is 7. The molecule has 0 unspecified atom stereocenters. The van der Waals surface area contributed by atoms with Gasteiger partial charge < -0.3 is 10.1 Å². The molecule has 1 aromatic carbocycles. The maximum atomic E-state index is 6.29. The lowest BCUT2D eigenvalue weighted by atomic mass is 10.2. The molecule has 1 heterocycles. The Morgan fingerprint density at radius 2 is 2.37 bits per heavy atom. The molecule has 0 bridgehead atoms. The Morgan fingerprint density at radius 3 is 3.05 bits per heavy atom. The summed E-state index contributed by atoms with van der Waals surface area (Å²) in [6.45, 7) is 2.35. The Labute approximate surface area is 126 Å². The molecule has 2 rings (SSSR count). The van der Waals surface area contributed by atoms with Crippen LogP contribution >= 0.6 is 34.7 Å². The van der Waals surface area contributed by atoms with E-state index in [9.17, 15) is 0 Å². The molecule has 2 aromatic rings. The van der Waals surface area contributed by atoms with E-state index in [1.54, 1.807) is 36.4 Å². The largest absolute Gasteiger partial charge is 0.383 e. The molecule has 0 aliphatic carbocycles. The number of hydrogen-bond acceptors (Lipinski definition) is 5. The SMILES string of the molecule is COCCNCc1ccc(Sc2nccs2)c(Cl)c1. The minimum atomic E-state index is 0.714. The maximum Gasteiger partial charge on any atom is 0.154 e. The van der Waals surface area contributed by atoms with Gasteiger partial charge in [0.05, 0.1) is 11.6 Å². The zero-order chi connectivity index (χ0) is 13.5. The van der Waals surface area contributed by atoms with Gasteiger partial charge in [-0.05, 0) is 17.7 Å². The second-order valence-electron chi connectivity index (χ2n) is 3.83. The number of nitrogens with zero attached hydrogens (tertiary/aromatic N) is 1. The number of ether oxygens (including phenoxy) is 1. The van der Waals surface area contributed by atoms with Crippen molar-refractivity contribution in [2.75, 3.05) is 20.3 Å². The molecule has 1 N–H and O–H groups in total. The highest BCUT2D eigenvalue weighted by Crippen LogP contribution is 2.34.